The van der Waals surface area contributed by atoms with Crippen molar-refractivity contribution in [1.29, 1.82) is 0 Å². The Hall–Kier alpha value is -1.62. The molecule has 20 heavy (non-hydrogen) atoms. The molecule has 2 aliphatic rings. The summed E-state index contributed by atoms with van der Waals surface area (Å²) in [7, 11) is 0. The molecule has 1 amide bonds. The molecule has 5 heteroatoms. The van der Waals surface area contributed by atoms with Crippen LogP contribution in [0.15, 0.2) is 10.9 Å². The number of hydrogen-bond acceptors (Lipinski definition) is 3. The Morgan fingerprint density at radius 2 is 2.15 bits per heavy atom. The number of amides is 1. The van der Waals surface area contributed by atoms with Crippen molar-refractivity contribution in [1.82, 2.24) is 10.3 Å². The van der Waals surface area contributed by atoms with Gasteiger partial charge in [0.25, 0.3) is 11.5 Å². The molecule has 3 rings (SSSR count). The Kier molecular flexibility index (Phi) is 3.61. The predicted octanol–water partition coefficient (Wildman–Crippen LogP) is 0.721. The number of hydrogen-bond donors (Lipinski definition) is 3. The summed E-state index contributed by atoms with van der Waals surface area (Å²) in [6, 6.07) is 1.77. The zero-order chi connectivity index (χ0) is 14.1. The molecule has 0 bridgehead atoms. The van der Waals surface area contributed by atoms with Crippen LogP contribution in [0.4, 0.5) is 0 Å². The molecule has 0 aliphatic heterocycles. The summed E-state index contributed by atoms with van der Waals surface area (Å²) in [6.45, 7) is 0.430. The molecule has 108 valence electrons. The number of rotatable bonds is 4. The number of aromatic amines is 1. The topological polar surface area (TPSA) is 88.0 Å². The zero-order valence-corrected chi connectivity index (χ0v) is 11.6. The highest BCUT2D eigenvalue weighted by molar-refractivity contribution is 5.94. The minimum absolute atomic E-state index is 0.00191. The summed E-state index contributed by atoms with van der Waals surface area (Å²) in [5.41, 5.74) is 7.74. The lowest BCUT2D eigenvalue weighted by atomic mass is 9.95. The molecule has 5 nitrogen and oxygen atoms in total. The van der Waals surface area contributed by atoms with Crippen LogP contribution >= 0.6 is 0 Å². The van der Waals surface area contributed by atoms with Gasteiger partial charge >= 0.3 is 0 Å². The molecule has 1 aromatic rings. The molecule has 0 radical (unpaired) electrons. The fourth-order valence-corrected chi connectivity index (χ4v) is 2.96. The molecule has 0 aromatic carbocycles. The molecule has 1 atom stereocenters. The van der Waals surface area contributed by atoms with Crippen LogP contribution in [0.5, 0.6) is 0 Å². The van der Waals surface area contributed by atoms with Crippen LogP contribution in [0.25, 0.3) is 0 Å². The van der Waals surface area contributed by atoms with Gasteiger partial charge in [-0.25, -0.2) is 0 Å². The number of fused-ring (bicyclic) bond motifs is 1. The smallest absolute Gasteiger partial charge is 0.261 e. The van der Waals surface area contributed by atoms with Crippen molar-refractivity contribution >= 4 is 5.91 Å². The molecular weight excluding hydrogens is 254 g/mol. The Bertz CT molecular complexity index is 575. The van der Waals surface area contributed by atoms with Crippen LogP contribution in [0.2, 0.25) is 0 Å². The van der Waals surface area contributed by atoms with Gasteiger partial charge in [0, 0.05) is 18.3 Å². The lowest BCUT2D eigenvalue weighted by molar-refractivity contribution is 0.0931. The Labute approximate surface area is 118 Å². The standard InChI is InChI=1S/C15H21N3O2/c16-8-13(9-5-6-9)18-15(20)11-7-10-3-1-2-4-12(10)17-14(11)19/h7,9,13H,1-6,8,16H2,(H,17,19)(H,18,20). The molecule has 0 saturated heterocycles. The average Bonchev–Trinajstić information content (AvgIpc) is 3.28. The van der Waals surface area contributed by atoms with Crippen molar-refractivity contribution in [2.45, 2.75) is 44.6 Å². The van der Waals surface area contributed by atoms with Gasteiger partial charge in [0.15, 0.2) is 0 Å². The maximum Gasteiger partial charge on any atom is 0.261 e. The summed E-state index contributed by atoms with van der Waals surface area (Å²) in [6.07, 6.45) is 6.29. The second-order valence-electron chi connectivity index (χ2n) is 5.88. The van der Waals surface area contributed by atoms with Gasteiger partial charge in [-0.1, -0.05) is 0 Å². The van der Waals surface area contributed by atoms with Gasteiger partial charge in [0.05, 0.1) is 0 Å². The highest BCUT2D eigenvalue weighted by atomic mass is 16.2. The number of nitrogens with one attached hydrogen (secondary N) is 2. The Balaban J connectivity index is 1.81. The fraction of sp³-hybridized carbons (Fsp3) is 0.600. The van der Waals surface area contributed by atoms with Gasteiger partial charge in [0.2, 0.25) is 0 Å². The first kappa shape index (κ1) is 13.4. The number of pyridine rings is 1. The third-order valence-electron chi connectivity index (χ3n) is 4.34. The summed E-state index contributed by atoms with van der Waals surface area (Å²) in [5, 5.41) is 2.91. The van der Waals surface area contributed by atoms with Crippen LogP contribution in [-0.4, -0.2) is 23.5 Å². The number of aryl methyl sites for hydroxylation is 2. The lowest BCUT2D eigenvalue weighted by Gasteiger charge is -2.18. The minimum Gasteiger partial charge on any atom is -0.348 e. The number of nitrogens with two attached hydrogens (primary N) is 1. The maximum atomic E-state index is 12.3. The van der Waals surface area contributed by atoms with E-state index in [-0.39, 0.29) is 23.1 Å². The van der Waals surface area contributed by atoms with Gasteiger partial charge in [0.1, 0.15) is 5.56 Å². The van der Waals surface area contributed by atoms with Crippen molar-refractivity contribution in [2.75, 3.05) is 6.54 Å². The summed E-state index contributed by atoms with van der Waals surface area (Å²) in [5.74, 6) is 0.197. The molecule has 1 heterocycles. The van der Waals surface area contributed by atoms with Gasteiger partial charge in [-0.15, -0.1) is 0 Å². The van der Waals surface area contributed by atoms with E-state index in [1.54, 1.807) is 6.07 Å². The highest BCUT2D eigenvalue weighted by Gasteiger charge is 2.32. The van der Waals surface area contributed by atoms with Crippen LogP contribution < -0.4 is 16.6 Å². The van der Waals surface area contributed by atoms with Crippen LogP contribution in [0.1, 0.15) is 47.3 Å². The van der Waals surface area contributed by atoms with Crippen molar-refractivity contribution in [3.05, 3.63) is 33.2 Å². The third-order valence-corrected chi connectivity index (χ3v) is 4.34. The zero-order valence-electron chi connectivity index (χ0n) is 11.6. The van der Waals surface area contributed by atoms with E-state index in [0.29, 0.717) is 12.5 Å². The quantitative estimate of drug-likeness (QED) is 0.756. The van der Waals surface area contributed by atoms with E-state index in [1.807, 2.05) is 0 Å². The lowest BCUT2D eigenvalue weighted by Crippen LogP contribution is -2.43. The molecule has 1 unspecified atom stereocenters. The van der Waals surface area contributed by atoms with Crippen LogP contribution in [0, 0.1) is 5.92 Å². The summed E-state index contributed by atoms with van der Waals surface area (Å²) in [4.78, 5) is 27.2. The molecule has 0 spiro atoms. The second-order valence-corrected chi connectivity index (χ2v) is 5.88. The monoisotopic (exact) mass is 275 g/mol. The minimum atomic E-state index is -0.290. The molecule has 4 N–H and O–H groups in total. The van der Waals surface area contributed by atoms with Gasteiger partial charge in [-0.3, -0.25) is 9.59 Å². The van der Waals surface area contributed by atoms with E-state index in [4.69, 9.17) is 5.73 Å². The number of carbonyl (C=O) groups excluding carboxylic acids is 1. The van der Waals surface area contributed by atoms with Gasteiger partial charge in [-0.2, -0.15) is 0 Å². The first-order valence-corrected chi connectivity index (χ1v) is 7.45. The summed E-state index contributed by atoms with van der Waals surface area (Å²) < 4.78 is 0. The largest absolute Gasteiger partial charge is 0.348 e. The number of carbonyl (C=O) groups is 1. The first-order valence-electron chi connectivity index (χ1n) is 7.45. The molecule has 1 fully saturated rings. The van der Waals surface area contributed by atoms with E-state index in [1.165, 1.54) is 0 Å². The van der Waals surface area contributed by atoms with Crippen molar-refractivity contribution < 1.29 is 4.79 Å². The van der Waals surface area contributed by atoms with E-state index in [0.717, 1.165) is 49.8 Å². The molecule has 2 aliphatic carbocycles. The number of H-pyrrole nitrogens is 1. The number of aromatic nitrogens is 1. The van der Waals surface area contributed by atoms with Crippen molar-refractivity contribution in [3.63, 3.8) is 0 Å². The molecular formula is C15H21N3O2. The van der Waals surface area contributed by atoms with Gasteiger partial charge < -0.3 is 16.0 Å². The van der Waals surface area contributed by atoms with Crippen molar-refractivity contribution in [2.24, 2.45) is 11.7 Å². The maximum absolute atomic E-state index is 12.3. The fourth-order valence-electron chi connectivity index (χ4n) is 2.96. The van der Waals surface area contributed by atoms with E-state index >= 15 is 0 Å². The molecule has 1 saturated carbocycles. The highest BCUT2D eigenvalue weighted by Crippen LogP contribution is 2.32. The van der Waals surface area contributed by atoms with E-state index in [2.05, 4.69) is 10.3 Å². The normalized spacial score (nSPS) is 19.2. The average molecular weight is 275 g/mol. The van der Waals surface area contributed by atoms with Crippen LogP contribution in [-0.2, 0) is 12.8 Å². The van der Waals surface area contributed by atoms with E-state index in [9.17, 15) is 9.59 Å². The van der Waals surface area contributed by atoms with Crippen LogP contribution in [0.3, 0.4) is 0 Å². The second kappa shape index (κ2) is 5.40. The Morgan fingerprint density at radius 1 is 1.40 bits per heavy atom. The van der Waals surface area contributed by atoms with Crippen molar-refractivity contribution in [3.8, 4) is 0 Å². The SMILES string of the molecule is NCC(NC(=O)c1cc2c([nH]c1=O)CCCC2)C1CC1. The van der Waals surface area contributed by atoms with Gasteiger partial charge in [-0.05, 0) is 56.1 Å². The summed E-state index contributed by atoms with van der Waals surface area (Å²) >= 11 is 0. The van der Waals surface area contributed by atoms with E-state index < -0.39 is 0 Å². The first-order chi connectivity index (χ1) is 9.69. The predicted molar refractivity (Wildman–Crippen MR) is 76.7 cm³/mol. The molecule has 1 aromatic heterocycles. The Morgan fingerprint density at radius 3 is 2.85 bits per heavy atom. The third kappa shape index (κ3) is 2.63.